The minimum atomic E-state index is -0.369. The number of hydrogen-bond donors (Lipinski definition) is 1. The minimum Gasteiger partial charge on any atom is -0.383 e. The number of amides is 2. The number of likely N-dealkylation sites (tertiary alicyclic amines) is 1. The van der Waals surface area contributed by atoms with E-state index in [9.17, 15) is 9.59 Å². The number of rotatable bonds is 5. The van der Waals surface area contributed by atoms with E-state index in [-0.39, 0.29) is 30.2 Å². The Hall–Kier alpha value is -1.11. The van der Waals surface area contributed by atoms with Crippen LogP contribution >= 0.6 is 27.5 Å². The maximum atomic E-state index is 12.3. The standard InChI is InChI=1S/C15H18BrClN2O3/c1-9(8-22-2)19-7-10(5-14(19)20)15(21)18-13-4-3-11(16)6-12(13)17/h3-4,6,9-10H,5,7-8H2,1-2H3,(H,18,21)/t9-,10+/m1/s1. The second kappa shape index (κ2) is 7.44. The molecule has 0 radical (unpaired) electrons. The van der Waals surface area contributed by atoms with E-state index < -0.39 is 0 Å². The van der Waals surface area contributed by atoms with E-state index in [0.717, 1.165) is 4.47 Å². The molecule has 1 fully saturated rings. The van der Waals surface area contributed by atoms with Crippen molar-refractivity contribution in [2.75, 3.05) is 25.6 Å². The van der Waals surface area contributed by atoms with Crippen molar-refractivity contribution < 1.29 is 14.3 Å². The number of carbonyl (C=O) groups is 2. The number of carbonyl (C=O) groups excluding carboxylic acids is 2. The van der Waals surface area contributed by atoms with Crippen molar-refractivity contribution in [3.63, 3.8) is 0 Å². The smallest absolute Gasteiger partial charge is 0.229 e. The van der Waals surface area contributed by atoms with Crippen molar-refractivity contribution in [3.8, 4) is 0 Å². The van der Waals surface area contributed by atoms with Gasteiger partial charge in [-0.05, 0) is 25.1 Å². The van der Waals surface area contributed by atoms with Gasteiger partial charge in [0.2, 0.25) is 11.8 Å². The Balaban J connectivity index is 2.00. The highest BCUT2D eigenvalue weighted by Gasteiger charge is 2.36. The van der Waals surface area contributed by atoms with Crippen LogP contribution in [0.1, 0.15) is 13.3 Å². The number of benzene rings is 1. The lowest BCUT2D eigenvalue weighted by molar-refractivity contribution is -0.130. The van der Waals surface area contributed by atoms with Gasteiger partial charge in [-0.25, -0.2) is 0 Å². The average molecular weight is 390 g/mol. The Kier molecular flexibility index (Phi) is 5.83. The molecule has 7 heteroatoms. The lowest BCUT2D eigenvalue weighted by Gasteiger charge is -2.23. The molecular formula is C15H18BrClN2O3. The molecule has 120 valence electrons. The predicted molar refractivity (Wildman–Crippen MR) is 88.9 cm³/mol. The Bertz CT molecular complexity index is 582. The SMILES string of the molecule is COC[C@@H](C)N1C[C@@H](C(=O)Nc2ccc(Br)cc2Cl)CC1=O. The summed E-state index contributed by atoms with van der Waals surface area (Å²) in [6.45, 7) is 2.77. The Morgan fingerprint density at radius 2 is 2.32 bits per heavy atom. The van der Waals surface area contributed by atoms with E-state index in [1.165, 1.54) is 0 Å². The maximum absolute atomic E-state index is 12.3. The van der Waals surface area contributed by atoms with Crippen molar-refractivity contribution in [2.24, 2.45) is 5.92 Å². The number of ether oxygens (including phenoxy) is 1. The molecule has 0 bridgehead atoms. The first-order chi connectivity index (χ1) is 10.4. The molecule has 0 saturated carbocycles. The molecule has 22 heavy (non-hydrogen) atoms. The lowest BCUT2D eigenvalue weighted by Crippen LogP contribution is -2.38. The van der Waals surface area contributed by atoms with Crippen molar-refractivity contribution in [3.05, 3.63) is 27.7 Å². The van der Waals surface area contributed by atoms with Gasteiger partial charge >= 0.3 is 0 Å². The summed E-state index contributed by atoms with van der Waals surface area (Å²) in [4.78, 5) is 26.1. The fourth-order valence-corrected chi connectivity index (χ4v) is 3.21. The molecule has 2 amide bonds. The molecule has 1 heterocycles. The lowest BCUT2D eigenvalue weighted by atomic mass is 10.1. The summed E-state index contributed by atoms with van der Waals surface area (Å²) in [5.74, 6) is -0.581. The first-order valence-corrected chi connectivity index (χ1v) is 8.13. The molecule has 0 aliphatic carbocycles. The molecule has 1 aromatic rings. The van der Waals surface area contributed by atoms with Crippen molar-refractivity contribution in [1.82, 2.24) is 4.90 Å². The molecule has 0 unspecified atom stereocenters. The molecule has 2 atom stereocenters. The van der Waals surface area contributed by atoms with E-state index in [1.54, 1.807) is 30.2 Å². The summed E-state index contributed by atoms with van der Waals surface area (Å²) in [6.07, 6.45) is 0.216. The van der Waals surface area contributed by atoms with Gasteiger partial charge in [0.1, 0.15) is 0 Å². The molecule has 0 spiro atoms. The highest BCUT2D eigenvalue weighted by atomic mass is 79.9. The van der Waals surface area contributed by atoms with Crippen LogP contribution in [0.3, 0.4) is 0 Å². The van der Waals surface area contributed by atoms with E-state index in [0.29, 0.717) is 23.9 Å². The van der Waals surface area contributed by atoms with Crippen LogP contribution in [-0.4, -0.2) is 43.0 Å². The number of anilines is 1. The van der Waals surface area contributed by atoms with Crippen LogP contribution in [0, 0.1) is 5.92 Å². The fourth-order valence-electron chi connectivity index (χ4n) is 2.49. The molecule has 0 aromatic heterocycles. The third kappa shape index (κ3) is 4.00. The van der Waals surface area contributed by atoms with Gasteiger partial charge in [0, 0.05) is 24.5 Å². The number of nitrogens with zero attached hydrogens (tertiary/aromatic N) is 1. The Morgan fingerprint density at radius 3 is 2.95 bits per heavy atom. The molecular weight excluding hydrogens is 372 g/mol. The summed E-state index contributed by atoms with van der Waals surface area (Å²) >= 11 is 9.41. The number of halogens is 2. The maximum Gasteiger partial charge on any atom is 0.229 e. The van der Waals surface area contributed by atoms with Crippen LogP contribution in [0.5, 0.6) is 0 Å². The van der Waals surface area contributed by atoms with Crippen LogP contribution in [0.2, 0.25) is 5.02 Å². The van der Waals surface area contributed by atoms with Gasteiger partial charge in [-0.15, -0.1) is 0 Å². The monoisotopic (exact) mass is 388 g/mol. The van der Waals surface area contributed by atoms with Gasteiger partial charge in [-0.2, -0.15) is 0 Å². The minimum absolute atomic E-state index is 0.0217. The topological polar surface area (TPSA) is 58.6 Å². The highest BCUT2D eigenvalue weighted by Crippen LogP contribution is 2.27. The van der Waals surface area contributed by atoms with Gasteiger partial charge < -0.3 is 15.0 Å². The van der Waals surface area contributed by atoms with E-state index in [2.05, 4.69) is 21.2 Å². The molecule has 1 aliphatic rings. The zero-order valence-corrected chi connectivity index (χ0v) is 14.8. The van der Waals surface area contributed by atoms with Gasteiger partial charge in [-0.3, -0.25) is 9.59 Å². The second-order valence-electron chi connectivity index (χ2n) is 5.36. The van der Waals surface area contributed by atoms with E-state index in [1.807, 2.05) is 6.92 Å². The predicted octanol–water partition coefficient (Wildman–Crippen LogP) is 2.92. The van der Waals surface area contributed by atoms with E-state index in [4.69, 9.17) is 16.3 Å². The zero-order chi connectivity index (χ0) is 16.3. The molecule has 5 nitrogen and oxygen atoms in total. The summed E-state index contributed by atoms with van der Waals surface area (Å²) in [6, 6.07) is 5.21. The van der Waals surface area contributed by atoms with Gasteiger partial charge in [0.25, 0.3) is 0 Å². The van der Waals surface area contributed by atoms with Crippen LogP contribution in [0.25, 0.3) is 0 Å². The van der Waals surface area contributed by atoms with Crippen molar-refractivity contribution in [2.45, 2.75) is 19.4 Å². The quantitative estimate of drug-likeness (QED) is 0.842. The van der Waals surface area contributed by atoms with E-state index >= 15 is 0 Å². The van der Waals surface area contributed by atoms with Crippen LogP contribution in [-0.2, 0) is 14.3 Å². The van der Waals surface area contributed by atoms with Gasteiger partial charge in [-0.1, -0.05) is 27.5 Å². The number of hydrogen-bond acceptors (Lipinski definition) is 3. The molecule has 1 N–H and O–H groups in total. The molecule has 1 aliphatic heterocycles. The summed E-state index contributed by atoms with van der Waals surface area (Å²) in [5, 5.41) is 3.24. The second-order valence-corrected chi connectivity index (χ2v) is 6.69. The van der Waals surface area contributed by atoms with Crippen LogP contribution in [0.15, 0.2) is 22.7 Å². The van der Waals surface area contributed by atoms with Crippen LogP contribution < -0.4 is 5.32 Å². The summed E-state index contributed by atoms with van der Waals surface area (Å²) < 4.78 is 5.91. The summed E-state index contributed by atoms with van der Waals surface area (Å²) in [7, 11) is 1.59. The summed E-state index contributed by atoms with van der Waals surface area (Å²) in [5.41, 5.74) is 0.547. The average Bonchev–Trinajstić information content (AvgIpc) is 2.84. The zero-order valence-electron chi connectivity index (χ0n) is 12.4. The third-order valence-corrected chi connectivity index (χ3v) is 4.46. The molecule has 2 rings (SSSR count). The molecule has 1 aromatic carbocycles. The van der Waals surface area contributed by atoms with Gasteiger partial charge in [0.15, 0.2) is 0 Å². The van der Waals surface area contributed by atoms with Crippen LogP contribution in [0.4, 0.5) is 5.69 Å². The highest BCUT2D eigenvalue weighted by molar-refractivity contribution is 9.10. The first kappa shape index (κ1) is 17.2. The van der Waals surface area contributed by atoms with Crippen molar-refractivity contribution in [1.29, 1.82) is 0 Å². The van der Waals surface area contributed by atoms with Gasteiger partial charge in [0.05, 0.1) is 29.3 Å². The Morgan fingerprint density at radius 1 is 1.59 bits per heavy atom. The normalized spacial score (nSPS) is 19.4. The first-order valence-electron chi connectivity index (χ1n) is 6.96. The van der Waals surface area contributed by atoms with Crippen molar-refractivity contribution >= 4 is 45.0 Å². The molecule has 1 saturated heterocycles. The largest absolute Gasteiger partial charge is 0.383 e. The number of methoxy groups -OCH3 is 1. The fraction of sp³-hybridized carbons (Fsp3) is 0.467. The number of nitrogens with one attached hydrogen (secondary N) is 1. The third-order valence-electron chi connectivity index (χ3n) is 3.66. The Labute approximate surface area is 143 Å².